The van der Waals surface area contributed by atoms with Crippen molar-refractivity contribution in [1.29, 1.82) is 0 Å². The summed E-state index contributed by atoms with van der Waals surface area (Å²) in [6.07, 6.45) is 1.47. The summed E-state index contributed by atoms with van der Waals surface area (Å²) in [5.41, 5.74) is 0.489. The zero-order valence-corrected chi connectivity index (χ0v) is 10.2. The van der Waals surface area contributed by atoms with Crippen LogP contribution in [0.1, 0.15) is 16.2 Å². The van der Waals surface area contributed by atoms with Gasteiger partial charge in [0.25, 0.3) is 0 Å². The molecule has 2 rings (SSSR count). The van der Waals surface area contributed by atoms with Crippen molar-refractivity contribution in [3.8, 4) is 5.75 Å². The van der Waals surface area contributed by atoms with E-state index >= 15 is 0 Å². The van der Waals surface area contributed by atoms with Crippen LogP contribution >= 0.6 is 0 Å². The lowest BCUT2D eigenvalue weighted by molar-refractivity contribution is 0.0600. The maximum atomic E-state index is 11.2. The van der Waals surface area contributed by atoms with E-state index in [0.717, 1.165) is 5.82 Å². The first kappa shape index (κ1) is 12.1. The lowest BCUT2D eigenvalue weighted by Crippen LogP contribution is -2.05. The minimum atomic E-state index is -0.366. The van der Waals surface area contributed by atoms with E-state index in [2.05, 4.69) is 14.8 Å². The van der Waals surface area contributed by atoms with Gasteiger partial charge in [-0.05, 0) is 24.3 Å². The summed E-state index contributed by atoms with van der Waals surface area (Å²) in [4.78, 5) is 15.3. The Morgan fingerprint density at radius 2 is 2.06 bits per heavy atom. The Hall–Kier alpha value is -2.37. The Labute approximate surface area is 104 Å². The summed E-state index contributed by atoms with van der Waals surface area (Å²) in [7, 11) is 3.15. The molecule has 0 N–H and O–H groups in total. The zero-order valence-electron chi connectivity index (χ0n) is 10.2. The van der Waals surface area contributed by atoms with Crippen molar-refractivity contribution in [3.05, 3.63) is 42.0 Å². The number of benzene rings is 1. The number of ether oxygens (including phenoxy) is 2. The number of methoxy groups -OCH3 is 1. The van der Waals surface area contributed by atoms with E-state index in [4.69, 9.17) is 4.74 Å². The summed E-state index contributed by atoms with van der Waals surface area (Å²) in [5.74, 6) is 1.02. The fraction of sp³-hybridized carbons (Fsp3) is 0.250. The molecular formula is C12H13N3O3. The van der Waals surface area contributed by atoms with Crippen LogP contribution in [0.4, 0.5) is 0 Å². The highest BCUT2D eigenvalue weighted by Gasteiger charge is 2.05. The van der Waals surface area contributed by atoms with E-state index < -0.39 is 0 Å². The van der Waals surface area contributed by atoms with Crippen molar-refractivity contribution >= 4 is 5.97 Å². The first-order valence-corrected chi connectivity index (χ1v) is 5.35. The molecule has 0 aliphatic rings. The summed E-state index contributed by atoms with van der Waals surface area (Å²) in [6.45, 7) is 0.327. The van der Waals surface area contributed by atoms with Gasteiger partial charge in [-0.15, -0.1) is 0 Å². The maximum absolute atomic E-state index is 11.2. The van der Waals surface area contributed by atoms with Crippen molar-refractivity contribution in [2.45, 2.75) is 6.61 Å². The lowest BCUT2D eigenvalue weighted by atomic mass is 10.2. The molecule has 0 amide bonds. The summed E-state index contributed by atoms with van der Waals surface area (Å²) in [5, 5.41) is 3.94. The predicted octanol–water partition coefficient (Wildman–Crippen LogP) is 1.18. The second-order valence-corrected chi connectivity index (χ2v) is 3.60. The minimum Gasteiger partial charge on any atom is -0.486 e. The fourth-order valence-electron chi connectivity index (χ4n) is 1.40. The summed E-state index contributed by atoms with van der Waals surface area (Å²) in [6, 6.07) is 6.72. The van der Waals surface area contributed by atoms with Crippen LogP contribution in [-0.4, -0.2) is 27.8 Å². The molecule has 1 aromatic heterocycles. The van der Waals surface area contributed by atoms with Crippen molar-refractivity contribution in [1.82, 2.24) is 14.8 Å². The van der Waals surface area contributed by atoms with Gasteiger partial charge in [-0.2, -0.15) is 5.10 Å². The van der Waals surface area contributed by atoms with Gasteiger partial charge in [0.05, 0.1) is 12.7 Å². The van der Waals surface area contributed by atoms with Crippen molar-refractivity contribution in [3.63, 3.8) is 0 Å². The Balaban J connectivity index is 1.98. The smallest absolute Gasteiger partial charge is 0.337 e. The van der Waals surface area contributed by atoms with Crippen LogP contribution in [0.2, 0.25) is 0 Å². The van der Waals surface area contributed by atoms with Crippen LogP contribution in [0.25, 0.3) is 0 Å². The van der Waals surface area contributed by atoms with E-state index in [0.29, 0.717) is 17.9 Å². The monoisotopic (exact) mass is 247 g/mol. The molecule has 0 atom stereocenters. The van der Waals surface area contributed by atoms with Crippen LogP contribution < -0.4 is 4.74 Å². The number of carbonyl (C=O) groups excluding carboxylic acids is 1. The lowest BCUT2D eigenvalue weighted by Gasteiger charge is -2.06. The SMILES string of the molecule is COC(=O)c1ccc(OCc2ncnn2C)cc1. The van der Waals surface area contributed by atoms with Gasteiger partial charge < -0.3 is 9.47 Å². The minimum absolute atomic E-state index is 0.327. The number of hydrogen-bond donors (Lipinski definition) is 0. The van der Waals surface area contributed by atoms with E-state index in [1.165, 1.54) is 13.4 Å². The summed E-state index contributed by atoms with van der Waals surface area (Å²) >= 11 is 0. The van der Waals surface area contributed by atoms with Crippen LogP contribution in [0.15, 0.2) is 30.6 Å². The van der Waals surface area contributed by atoms with Gasteiger partial charge in [0.15, 0.2) is 5.82 Å². The number of nitrogens with zero attached hydrogens (tertiary/aromatic N) is 3. The normalized spacial score (nSPS) is 10.1. The van der Waals surface area contributed by atoms with Gasteiger partial charge in [0.1, 0.15) is 18.7 Å². The van der Waals surface area contributed by atoms with Gasteiger partial charge in [-0.25, -0.2) is 9.78 Å². The Morgan fingerprint density at radius 1 is 1.33 bits per heavy atom. The molecule has 0 saturated carbocycles. The largest absolute Gasteiger partial charge is 0.486 e. The maximum Gasteiger partial charge on any atom is 0.337 e. The first-order chi connectivity index (χ1) is 8.70. The van der Waals surface area contributed by atoms with Gasteiger partial charge in [-0.1, -0.05) is 0 Å². The highest BCUT2D eigenvalue weighted by molar-refractivity contribution is 5.89. The summed E-state index contributed by atoms with van der Waals surface area (Å²) < 4.78 is 11.8. The zero-order chi connectivity index (χ0) is 13.0. The van der Waals surface area contributed by atoms with Gasteiger partial charge in [0, 0.05) is 7.05 Å². The van der Waals surface area contributed by atoms with Crippen molar-refractivity contribution in [2.75, 3.05) is 7.11 Å². The second-order valence-electron chi connectivity index (χ2n) is 3.60. The first-order valence-electron chi connectivity index (χ1n) is 5.35. The number of hydrogen-bond acceptors (Lipinski definition) is 5. The molecule has 0 aliphatic carbocycles. The molecular weight excluding hydrogens is 234 g/mol. The van der Waals surface area contributed by atoms with Crippen molar-refractivity contribution < 1.29 is 14.3 Å². The Kier molecular flexibility index (Phi) is 3.57. The second kappa shape index (κ2) is 5.31. The molecule has 0 fully saturated rings. The molecule has 0 bridgehead atoms. The molecule has 18 heavy (non-hydrogen) atoms. The third-order valence-corrected chi connectivity index (χ3v) is 2.45. The molecule has 94 valence electrons. The van der Waals surface area contributed by atoms with Gasteiger partial charge in [0.2, 0.25) is 0 Å². The molecule has 0 aliphatic heterocycles. The molecule has 0 unspecified atom stereocenters. The predicted molar refractivity (Wildman–Crippen MR) is 63.1 cm³/mol. The highest BCUT2D eigenvalue weighted by atomic mass is 16.5. The number of esters is 1. The molecule has 6 heteroatoms. The van der Waals surface area contributed by atoms with E-state index in [-0.39, 0.29) is 5.97 Å². The molecule has 6 nitrogen and oxygen atoms in total. The fourth-order valence-corrected chi connectivity index (χ4v) is 1.40. The molecule has 1 heterocycles. The van der Waals surface area contributed by atoms with Crippen LogP contribution in [0.3, 0.4) is 0 Å². The van der Waals surface area contributed by atoms with Crippen LogP contribution in [0.5, 0.6) is 5.75 Å². The topological polar surface area (TPSA) is 66.2 Å². The van der Waals surface area contributed by atoms with E-state index in [1.807, 2.05) is 0 Å². The Bertz CT molecular complexity index is 534. The average Bonchev–Trinajstić information content (AvgIpc) is 2.81. The average molecular weight is 247 g/mol. The Morgan fingerprint density at radius 3 is 2.61 bits per heavy atom. The van der Waals surface area contributed by atoms with Crippen molar-refractivity contribution in [2.24, 2.45) is 7.05 Å². The number of rotatable bonds is 4. The molecule has 2 aromatic rings. The standard InChI is InChI=1S/C12H13N3O3/c1-15-11(13-8-14-15)7-18-10-5-3-9(4-6-10)12(16)17-2/h3-6,8H,7H2,1-2H3. The number of aryl methyl sites for hydroxylation is 1. The van der Waals surface area contributed by atoms with Crippen LogP contribution in [-0.2, 0) is 18.4 Å². The number of aromatic nitrogens is 3. The van der Waals surface area contributed by atoms with Gasteiger partial charge >= 0.3 is 5.97 Å². The third kappa shape index (κ3) is 2.65. The quantitative estimate of drug-likeness (QED) is 0.759. The molecule has 0 spiro atoms. The van der Waals surface area contributed by atoms with Gasteiger partial charge in [-0.3, -0.25) is 4.68 Å². The van der Waals surface area contributed by atoms with E-state index in [9.17, 15) is 4.79 Å². The van der Waals surface area contributed by atoms with Crippen LogP contribution in [0, 0.1) is 0 Å². The third-order valence-electron chi connectivity index (χ3n) is 2.45. The molecule has 0 radical (unpaired) electrons. The number of carbonyl (C=O) groups is 1. The van der Waals surface area contributed by atoms with E-state index in [1.54, 1.807) is 36.0 Å². The highest BCUT2D eigenvalue weighted by Crippen LogP contribution is 2.14. The molecule has 0 saturated heterocycles. The molecule has 1 aromatic carbocycles.